The zero-order valence-corrected chi connectivity index (χ0v) is 11.6. The number of para-hydroxylation sites is 2. The number of aryl methyl sites for hydroxylation is 1. The second-order valence-electron chi connectivity index (χ2n) is 5.70. The summed E-state index contributed by atoms with van der Waals surface area (Å²) in [5, 5.41) is 5.98. The number of hydrazone groups is 1. The first-order valence-electron chi connectivity index (χ1n) is 6.95. The lowest BCUT2D eigenvalue weighted by molar-refractivity contribution is -0.127. The molecular weight excluding hydrogens is 252 g/mol. The van der Waals surface area contributed by atoms with Crippen LogP contribution in [0.3, 0.4) is 0 Å². The van der Waals surface area contributed by atoms with Crippen LogP contribution in [0.2, 0.25) is 0 Å². The lowest BCUT2D eigenvalue weighted by Gasteiger charge is -2.35. The molecule has 0 saturated heterocycles. The van der Waals surface area contributed by atoms with E-state index < -0.39 is 0 Å². The van der Waals surface area contributed by atoms with Crippen LogP contribution in [-0.2, 0) is 11.8 Å². The van der Waals surface area contributed by atoms with Crippen molar-refractivity contribution in [3.05, 3.63) is 24.3 Å². The third kappa shape index (κ3) is 1.25. The van der Waals surface area contributed by atoms with Crippen LogP contribution in [0.1, 0.15) is 26.2 Å². The predicted molar refractivity (Wildman–Crippen MR) is 77.6 cm³/mol. The van der Waals surface area contributed by atoms with E-state index in [1.807, 2.05) is 42.8 Å². The van der Waals surface area contributed by atoms with Crippen molar-refractivity contribution in [2.75, 3.05) is 5.01 Å². The number of amides is 1. The summed E-state index contributed by atoms with van der Waals surface area (Å²) < 4.78 is 1.93. The average molecular weight is 268 g/mol. The second kappa shape index (κ2) is 3.69. The molecule has 5 heteroatoms. The van der Waals surface area contributed by atoms with Gasteiger partial charge in [-0.2, -0.15) is 10.1 Å². The van der Waals surface area contributed by atoms with Crippen molar-refractivity contribution in [1.82, 2.24) is 9.55 Å². The van der Waals surface area contributed by atoms with Gasteiger partial charge in [0.05, 0.1) is 22.2 Å². The highest BCUT2D eigenvalue weighted by molar-refractivity contribution is 6.18. The quantitative estimate of drug-likeness (QED) is 0.797. The number of rotatable bonds is 1. The third-order valence-electron chi connectivity index (χ3n) is 4.70. The van der Waals surface area contributed by atoms with Gasteiger partial charge in [-0.15, -0.1) is 0 Å². The van der Waals surface area contributed by atoms with Crippen molar-refractivity contribution in [3.63, 3.8) is 0 Å². The zero-order chi connectivity index (χ0) is 13.9. The number of hydrogen-bond acceptors (Lipinski definition) is 3. The average Bonchev–Trinajstić information content (AvgIpc) is 2.85. The highest BCUT2D eigenvalue weighted by atomic mass is 16.2. The highest BCUT2D eigenvalue weighted by Crippen LogP contribution is 2.47. The van der Waals surface area contributed by atoms with Gasteiger partial charge in [0.2, 0.25) is 5.95 Å². The Labute approximate surface area is 116 Å². The van der Waals surface area contributed by atoms with E-state index in [4.69, 9.17) is 0 Å². The molecule has 1 spiro atoms. The van der Waals surface area contributed by atoms with E-state index in [1.54, 1.807) is 0 Å². The smallest absolute Gasteiger partial charge is 0.262 e. The molecule has 1 aromatic carbocycles. The number of carbonyl (C=O) groups excluding carboxylic acids is 1. The lowest BCUT2D eigenvalue weighted by Crippen LogP contribution is -2.44. The molecule has 2 aliphatic rings. The van der Waals surface area contributed by atoms with Crippen LogP contribution in [-0.4, -0.2) is 21.2 Å². The molecule has 1 aromatic heterocycles. The third-order valence-corrected chi connectivity index (χ3v) is 4.70. The molecule has 0 N–H and O–H groups in total. The molecule has 2 heterocycles. The lowest BCUT2D eigenvalue weighted by atomic mass is 9.66. The number of hydrogen-bond donors (Lipinski definition) is 0. The van der Waals surface area contributed by atoms with Gasteiger partial charge in [-0.3, -0.25) is 4.79 Å². The molecule has 5 nitrogen and oxygen atoms in total. The maximum Gasteiger partial charge on any atom is 0.262 e. The summed E-state index contributed by atoms with van der Waals surface area (Å²) in [7, 11) is 1.93. The predicted octanol–water partition coefficient (Wildman–Crippen LogP) is 2.47. The Kier molecular flexibility index (Phi) is 2.14. The Morgan fingerprint density at radius 1 is 1.25 bits per heavy atom. The fourth-order valence-electron chi connectivity index (χ4n) is 3.21. The Morgan fingerprint density at radius 3 is 2.60 bits per heavy atom. The van der Waals surface area contributed by atoms with Gasteiger partial charge in [0, 0.05) is 7.05 Å². The summed E-state index contributed by atoms with van der Waals surface area (Å²) >= 11 is 0. The first-order valence-corrected chi connectivity index (χ1v) is 6.95. The number of carbonyl (C=O) groups is 1. The van der Waals surface area contributed by atoms with Crippen molar-refractivity contribution >= 4 is 28.6 Å². The summed E-state index contributed by atoms with van der Waals surface area (Å²) in [6.45, 7) is 1.96. The van der Waals surface area contributed by atoms with E-state index in [2.05, 4.69) is 10.1 Å². The SMILES string of the molecule is CC1=NN(c2nc3ccccc3n2C)C(=O)C12CCC2. The first kappa shape index (κ1) is 11.6. The summed E-state index contributed by atoms with van der Waals surface area (Å²) in [6, 6.07) is 7.88. The molecule has 1 amide bonds. The van der Waals surface area contributed by atoms with Gasteiger partial charge in [0.15, 0.2) is 0 Å². The van der Waals surface area contributed by atoms with Gasteiger partial charge in [0.25, 0.3) is 5.91 Å². The Bertz CT molecular complexity index is 754. The van der Waals surface area contributed by atoms with Crippen molar-refractivity contribution in [3.8, 4) is 0 Å². The van der Waals surface area contributed by atoms with Crippen LogP contribution in [0, 0.1) is 5.41 Å². The first-order chi connectivity index (χ1) is 9.63. The van der Waals surface area contributed by atoms with Crippen LogP contribution in [0.4, 0.5) is 5.95 Å². The van der Waals surface area contributed by atoms with Crippen LogP contribution in [0.25, 0.3) is 11.0 Å². The standard InChI is InChI=1S/C15H16N4O/c1-10-15(8-5-9-15)13(20)19(17-10)14-16-11-6-3-4-7-12(11)18(14)2/h3-4,6-7H,5,8-9H2,1-2H3. The Hall–Kier alpha value is -2.17. The molecule has 2 aromatic rings. The number of imidazole rings is 1. The van der Waals surface area contributed by atoms with Gasteiger partial charge in [0.1, 0.15) is 0 Å². The van der Waals surface area contributed by atoms with Crippen molar-refractivity contribution < 1.29 is 4.79 Å². The molecule has 0 bridgehead atoms. The number of anilines is 1. The topological polar surface area (TPSA) is 50.5 Å². The van der Waals surface area contributed by atoms with E-state index in [9.17, 15) is 4.79 Å². The van der Waals surface area contributed by atoms with E-state index in [0.29, 0.717) is 5.95 Å². The summed E-state index contributed by atoms with van der Waals surface area (Å²) in [5.41, 5.74) is 2.50. The fourth-order valence-corrected chi connectivity index (χ4v) is 3.21. The number of fused-ring (bicyclic) bond motifs is 1. The van der Waals surface area contributed by atoms with E-state index in [1.165, 1.54) is 5.01 Å². The maximum atomic E-state index is 12.7. The normalized spacial score (nSPS) is 20.6. The van der Waals surface area contributed by atoms with Crippen LogP contribution in [0.15, 0.2) is 29.4 Å². The Balaban J connectivity index is 1.85. The fraction of sp³-hybridized carbons (Fsp3) is 0.400. The molecule has 1 fully saturated rings. The van der Waals surface area contributed by atoms with Crippen LogP contribution >= 0.6 is 0 Å². The van der Waals surface area contributed by atoms with Gasteiger partial charge in [-0.1, -0.05) is 18.6 Å². The Morgan fingerprint density at radius 2 is 2.00 bits per heavy atom. The van der Waals surface area contributed by atoms with Crippen molar-refractivity contribution in [1.29, 1.82) is 0 Å². The highest BCUT2D eigenvalue weighted by Gasteiger charge is 2.54. The number of aromatic nitrogens is 2. The molecule has 1 saturated carbocycles. The van der Waals surface area contributed by atoms with Crippen molar-refractivity contribution in [2.45, 2.75) is 26.2 Å². The molecule has 0 atom stereocenters. The summed E-state index contributed by atoms with van der Waals surface area (Å²) in [6.07, 6.45) is 2.94. The molecule has 1 aliphatic heterocycles. The minimum atomic E-state index is -0.335. The number of benzene rings is 1. The minimum Gasteiger partial charge on any atom is -0.311 e. The minimum absolute atomic E-state index is 0.0830. The molecule has 0 unspecified atom stereocenters. The van der Waals surface area contributed by atoms with E-state index in [-0.39, 0.29) is 11.3 Å². The maximum absolute atomic E-state index is 12.7. The van der Waals surface area contributed by atoms with Gasteiger partial charge in [-0.25, -0.2) is 4.98 Å². The molecular formula is C15H16N4O. The molecule has 102 valence electrons. The van der Waals surface area contributed by atoms with Crippen LogP contribution in [0.5, 0.6) is 0 Å². The summed E-state index contributed by atoms with van der Waals surface area (Å²) in [4.78, 5) is 17.3. The monoisotopic (exact) mass is 268 g/mol. The van der Waals surface area contributed by atoms with Crippen LogP contribution < -0.4 is 5.01 Å². The largest absolute Gasteiger partial charge is 0.311 e. The molecule has 1 aliphatic carbocycles. The van der Waals surface area contributed by atoms with Crippen molar-refractivity contribution in [2.24, 2.45) is 17.6 Å². The van der Waals surface area contributed by atoms with E-state index >= 15 is 0 Å². The van der Waals surface area contributed by atoms with Gasteiger partial charge < -0.3 is 4.57 Å². The van der Waals surface area contributed by atoms with E-state index in [0.717, 1.165) is 36.0 Å². The van der Waals surface area contributed by atoms with Gasteiger partial charge >= 0.3 is 0 Å². The summed E-state index contributed by atoms with van der Waals surface area (Å²) in [5.74, 6) is 0.694. The zero-order valence-electron chi connectivity index (χ0n) is 11.6. The molecule has 0 radical (unpaired) electrons. The number of nitrogens with zero attached hydrogens (tertiary/aromatic N) is 4. The molecule has 20 heavy (non-hydrogen) atoms. The molecule has 4 rings (SSSR count). The second-order valence-corrected chi connectivity index (χ2v) is 5.70. The van der Waals surface area contributed by atoms with Gasteiger partial charge in [-0.05, 0) is 31.9 Å².